The second-order valence-electron chi connectivity index (χ2n) is 16.4. The molecule has 0 aromatic rings. The number of esters is 2. The maximum absolute atomic E-state index is 12.8. The Kier molecular flexibility index (Phi) is 33.3. The van der Waals surface area contributed by atoms with Gasteiger partial charge in [0.2, 0.25) is 0 Å². The molecule has 1 fully saturated rings. The van der Waals surface area contributed by atoms with Gasteiger partial charge >= 0.3 is 11.9 Å². The molecule has 4 N–H and O–H groups in total. The van der Waals surface area contributed by atoms with E-state index in [1.54, 1.807) is 0 Å². The lowest BCUT2D eigenvalue weighted by atomic mass is 10.00. The first-order chi connectivity index (χ1) is 27.5. The van der Waals surface area contributed by atoms with Crippen molar-refractivity contribution in [2.75, 3.05) is 19.0 Å². The number of aliphatic hydroxyl groups is 3. The summed E-state index contributed by atoms with van der Waals surface area (Å²) in [5.74, 6) is -1.96. The number of rotatable bonds is 39. The molecule has 0 aliphatic carbocycles. The van der Waals surface area contributed by atoms with Gasteiger partial charge in [-0.1, -0.05) is 187 Å². The van der Waals surface area contributed by atoms with Crippen molar-refractivity contribution in [2.45, 2.75) is 250 Å². The van der Waals surface area contributed by atoms with Gasteiger partial charge in [-0.05, 0) is 12.8 Å². The van der Waals surface area contributed by atoms with Crippen molar-refractivity contribution in [1.29, 1.82) is 0 Å². The number of unbranched alkanes of at least 4 members (excludes halogenated alkanes) is 27. The zero-order chi connectivity index (χ0) is 42.0. The van der Waals surface area contributed by atoms with E-state index in [-0.39, 0.29) is 19.4 Å². The van der Waals surface area contributed by atoms with Gasteiger partial charge in [-0.25, -0.2) is 0 Å². The van der Waals surface area contributed by atoms with Gasteiger partial charge < -0.3 is 34.3 Å². The van der Waals surface area contributed by atoms with Crippen LogP contribution in [0.15, 0.2) is 0 Å². The molecule has 0 bridgehead atoms. The molecule has 1 aliphatic rings. The standard InChI is InChI=1S/C44H84O12S/c1-3-5-7-9-11-13-15-17-18-19-21-22-24-26-28-30-32-39(45)53-34-37(35-54-44-43(49)42(48)41(47)38(56-44)36-57(50,51)52)55-40(46)33-31-29-27-25-23-20-16-14-12-10-8-6-4-2/h37-38,41-44,47-49H,3-36H2,1-2H3,(H,50,51,52)/t37-,38-,41-,42?,43?,44+/m1/s1. The molecule has 0 radical (unpaired) electrons. The average Bonchev–Trinajstić information content (AvgIpc) is 3.17. The second kappa shape index (κ2) is 35.4. The zero-order valence-electron chi connectivity index (χ0n) is 36.0. The van der Waals surface area contributed by atoms with Gasteiger partial charge in [-0.2, -0.15) is 8.42 Å². The van der Waals surface area contributed by atoms with Crippen molar-refractivity contribution >= 4 is 22.1 Å². The van der Waals surface area contributed by atoms with Crippen molar-refractivity contribution in [2.24, 2.45) is 0 Å². The molecule has 1 rings (SSSR count). The zero-order valence-corrected chi connectivity index (χ0v) is 36.8. The van der Waals surface area contributed by atoms with Crippen molar-refractivity contribution < 1.29 is 56.8 Å². The smallest absolute Gasteiger partial charge is 0.306 e. The van der Waals surface area contributed by atoms with E-state index in [2.05, 4.69) is 13.8 Å². The van der Waals surface area contributed by atoms with E-state index in [1.807, 2.05) is 0 Å². The predicted molar refractivity (Wildman–Crippen MR) is 224 cm³/mol. The molecule has 0 aromatic carbocycles. The molecule has 13 heteroatoms. The Bertz CT molecular complexity index is 1070. The van der Waals surface area contributed by atoms with Crippen LogP contribution in [0.4, 0.5) is 0 Å². The number of ether oxygens (including phenoxy) is 4. The van der Waals surface area contributed by atoms with Crippen molar-refractivity contribution in [3.63, 3.8) is 0 Å². The summed E-state index contributed by atoms with van der Waals surface area (Å²) in [5.41, 5.74) is 0. The Morgan fingerprint density at radius 2 is 0.895 bits per heavy atom. The monoisotopic (exact) mass is 837 g/mol. The minimum atomic E-state index is -4.59. The van der Waals surface area contributed by atoms with E-state index in [4.69, 9.17) is 18.9 Å². The predicted octanol–water partition coefficient (Wildman–Crippen LogP) is 9.29. The SMILES string of the molecule is CCCCCCCCCCCCCCCCCCC(=O)OC[C@H](CO[C@H]1O[C@H](CS(=O)(=O)O)[C@@H](O)C(O)C1O)OC(=O)CCCCCCCCCCCCCCC. The van der Waals surface area contributed by atoms with Crippen LogP contribution in [-0.2, 0) is 38.7 Å². The van der Waals surface area contributed by atoms with Crippen LogP contribution in [-0.4, -0.2) is 96.0 Å². The van der Waals surface area contributed by atoms with Crippen LogP contribution in [0.2, 0.25) is 0 Å². The highest BCUT2D eigenvalue weighted by Gasteiger charge is 2.46. The van der Waals surface area contributed by atoms with E-state index in [9.17, 15) is 37.9 Å². The number of carbonyl (C=O) groups excluding carboxylic acids is 2. The number of aliphatic hydroxyl groups excluding tert-OH is 3. The number of hydrogen-bond donors (Lipinski definition) is 4. The molecule has 12 nitrogen and oxygen atoms in total. The highest BCUT2D eigenvalue weighted by atomic mass is 32.2. The normalized spacial score (nSPS) is 20.4. The Labute approximate surface area is 346 Å². The molecular weight excluding hydrogens is 753 g/mol. The topological polar surface area (TPSA) is 186 Å². The maximum atomic E-state index is 12.8. The molecule has 1 saturated heterocycles. The molecule has 1 heterocycles. The van der Waals surface area contributed by atoms with Gasteiger partial charge in [0.05, 0.1) is 6.61 Å². The molecular formula is C44H84O12S. The molecule has 57 heavy (non-hydrogen) atoms. The van der Waals surface area contributed by atoms with Crippen LogP contribution < -0.4 is 0 Å². The summed E-state index contributed by atoms with van der Waals surface area (Å²) in [6.07, 6.45) is 25.7. The van der Waals surface area contributed by atoms with Crippen molar-refractivity contribution in [3.8, 4) is 0 Å². The van der Waals surface area contributed by atoms with Crippen LogP contribution in [0, 0.1) is 0 Å². The fourth-order valence-corrected chi connectivity index (χ4v) is 8.02. The van der Waals surface area contributed by atoms with E-state index >= 15 is 0 Å². The van der Waals surface area contributed by atoms with Gasteiger partial charge in [0, 0.05) is 12.8 Å². The Hall–Kier alpha value is -1.35. The van der Waals surface area contributed by atoms with Crippen LogP contribution in [0.1, 0.15) is 213 Å². The molecule has 338 valence electrons. The van der Waals surface area contributed by atoms with Crippen LogP contribution in [0.25, 0.3) is 0 Å². The summed E-state index contributed by atoms with van der Waals surface area (Å²) in [6.45, 7) is 3.78. The molecule has 0 spiro atoms. The van der Waals surface area contributed by atoms with E-state index in [0.717, 1.165) is 38.5 Å². The van der Waals surface area contributed by atoms with Crippen molar-refractivity contribution in [1.82, 2.24) is 0 Å². The van der Waals surface area contributed by atoms with Crippen molar-refractivity contribution in [3.05, 3.63) is 0 Å². The number of hydrogen-bond acceptors (Lipinski definition) is 11. The first-order valence-corrected chi connectivity index (χ1v) is 24.7. The summed E-state index contributed by atoms with van der Waals surface area (Å²) < 4.78 is 54.0. The minimum Gasteiger partial charge on any atom is -0.462 e. The first-order valence-electron chi connectivity index (χ1n) is 23.1. The van der Waals surface area contributed by atoms with E-state index < -0.39 is 71.2 Å². The van der Waals surface area contributed by atoms with Crippen LogP contribution >= 0.6 is 0 Å². The van der Waals surface area contributed by atoms with Gasteiger partial charge in [-0.3, -0.25) is 14.1 Å². The highest BCUT2D eigenvalue weighted by molar-refractivity contribution is 7.85. The average molecular weight is 837 g/mol. The quantitative estimate of drug-likeness (QED) is 0.0262. The second-order valence-corrected chi connectivity index (χ2v) is 17.9. The van der Waals surface area contributed by atoms with Gasteiger partial charge in [0.25, 0.3) is 10.1 Å². The first kappa shape index (κ1) is 53.7. The summed E-state index contributed by atoms with van der Waals surface area (Å²) >= 11 is 0. The third-order valence-corrected chi connectivity index (χ3v) is 11.7. The Morgan fingerprint density at radius 3 is 1.28 bits per heavy atom. The third-order valence-electron chi connectivity index (χ3n) is 10.9. The molecule has 0 aromatic heterocycles. The summed E-state index contributed by atoms with van der Waals surface area (Å²) in [4.78, 5) is 25.4. The van der Waals surface area contributed by atoms with Crippen LogP contribution in [0.5, 0.6) is 0 Å². The Balaban J connectivity index is 2.42. The molecule has 0 saturated carbocycles. The Morgan fingerprint density at radius 1 is 0.526 bits per heavy atom. The molecule has 6 atom stereocenters. The van der Waals surface area contributed by atoms with Gasteiger partial charge in [0.1, 0.15) is 36.8 Å². The highest BCUT2D eigenvalue weighted by Crippen LogP contribution is 2.24. The largest absolute Gasteiger partial charge is 0.462 e. The van der Waals surface area contributed by atoms with Crippen LogP contribution in [0.3, 0.4) is 0 Å². The molecule has 0 amide bonds. The molecule has 2 unspecified atom stereocenters. The summed E-state index contributed by atoms with van der Waals surface area (Å²) in [5, 5.41) is 30.9. The molecule has 1 aliphatic heterocycles. The van der Waals surface area contributed by atoms with Gasteiger partial charge in [0.15, 0.2) is 12.4 Å². The van der Waals surface area contributed by atoms with E-state index in [0.29, 0.717) is 12.8 Å². The maximum Gasteiger partial charge on any atom is 0.306 e. The van der Waals surface area contributed by atoms with Gasteiger partial charge in [-0.15, -0.1) is 0 Å². The summed E-state index contributed by atoms with van der Waals surface area (Å²) in [6, 6.07) is 0. The lowest BCUT2D eigenvalue weighted by Crippen LogP contribution is -2.60. The minimum absolute atomic E-state index is 0.172. The number of carbonyl (C=O) groups is 2. The fraction of sp³-hybridized carbons (Fsp3) is 0.955. The third kappa shape index (κ3) is 30.4. The fourth-order valence-electron chi connectivity index (χ4n) is 7.33. The lowest BCUT2D eigenvalue weighted by Gasteiger charge is -2.40. The summed E-state index contributed by atoms with van der Waals surface area (Å²) in [7, 11) is -4.59. The lowest BCUT2D eigenvalue weighted by molar-refractivity contribution is -0.297. The van der Waals surface area contributed by atoms with E-state index in [1.165, 1.54) is 135 Å².